The standard InChI is InChI=1S/C57H66ClF2N11O6S2/c1-30(32-9-11-33(12-10-32)49-31(2)63-29-78-49)64-54(74)43-22-37(72)27-71(43)55(75)51(57(3,4)5)66-44(73)17-21-76-20-7-19-69-18-6-8-36(69)28-77-56-67-48-39(53(68-56)70-25-34-13-14-35(26-70)65-34)23-41(58)46(47(48)60)38-15-16-42(59)50-45(38)40(24-61)52(62)79-50/h9-12,15-16,23,29-30,34-37,43,51,65,72H,6-8,13-14,17-22,25-28,62H2,1-5H3,(H,64,74)(H,66,73)/t30-,34?,35?,36-,37+,43-,51+/m0/s1. The summed E-state index contributed by atoms with van der Waals surface area (Å²) in [5.41, 5.74) is 10.4. The lowest BCUT2D eigenvalue weighted by Gasteiger charge is -2.35. The van der Waals surface area contributed by atoms with Crippen molar-refractivity contribution in [2.24, 2.45) is 5.41 Å². The van der Waals surface area contributed by atoms with Crippen LogP contribution in [-0.2, 0) is 19.1 Å². The van der Waals surface area contributed by atoms with E-state index in [0.717, 1.165) is 65.3 Å². The third-order valence-corrected chi connectivity index (χ3v) is 18.0. The smallest absolute Gasteiger partial charge is 0.319 e. The molecule has 4 aliphatic rings. The number of aliphatic hydroxyl groups is 1. The fraction of sp³-hybridized carbons (Fsp3) is 0.491. The number of carbonyl (C=O) groups is 3. The normalized spacial score (nSPS) is 21.2. The van der Waals surface area contributed by atoms with Gasteiger partial charge < -0.3 is 46.1 Å². The molecule has 4 aliphatic heterocycles. The maximum Gasteiger partial charge on any atom is 0.319 e. The van der Waals surface area contributed by atoms with Gasteiger partial charge in [0, 0.05) is 80.1 Å². The molecule has 0 radical (unpaired) electrons. The van der Waals surface area contributed by atoms with Crippen molar-refractivity contribution in [3.8, 4) is 33.6 Å². The second-order valence-corrected chi connectivity index (χ2v) is 24.6. The predicted octanol–water partition coefficient (Wildman–Crippen LogP) is 8.28. The molecular weight excluding hydrogens is 1070 g/mol. The number of hydrogen-bond acceptors (Lipinski definition) is 16. The number of benzene rings is 3. The summed E-state index contributed by atoms with van der Waals surface area (Å²) >= 11 is 9.44. The Balaban J connectivity index is 0.736. The van der Waals surface area contributed by atoms with E-state index < -0.39 is 41.1 Å². The van der Waals surface area contributed by atoms with E-state index in [1.54, 1.807) is 17.4 Å². The van der Waals surface area contributed by atoms with Gasteiger partial charge in [0.05, 0.1) is 50.1 Å². The molecule has 4 fully saturated rings. The lowest BCUT2D eigenvalue weighted by atomic mass is 9.85. The largest absolute Gasteiger partial charge is 0.462 e. The Bertz CT molecular complexity index is 3300. The number of hydrogen-bond donors (Lipinski definition) is 5. The van der Waals surface area contributed by atoms with E-state index >= 15 is 8.78 Å². The number of nitrogens with zero attached hydrogens (tertiary/aromatic N) is 7. The number of amides is 3. The van der Waals surface area contributed by atoms with Crippen LogP contribution in [0.2, 0.25) is 5.02 Å². The number of rotatable bonds is 18. The number of aryl methyl sites for hydroxylation is 1. The molecule has 3 aromatic carbocycles. The summed E-state index contributed by atoms with van der Waals surface area (Å²) < 4.78 is 44.8. The van der Waals surface area contributed by atoms with Gasteiger partial charge in [-0.25, -0.2) is 13.8 Å². The summed E-state index contributed by atoms with van der Waals surface area (Å²) in [5, 5.41) is 31.1. The Hall–Kier alpha value is -6.12. The number of thiophene rings is 1. The van der Waals surface area contributed by atoms with Gasteiger partial charge >= 0.3 is 6.01 Å². The first-order valence-electron chi connectivity index (χ1n) is 27.0. The molecule has 0 saturated carbocycles. The molecule has 2 bridgehead atoms. The van der Waals surface area contributed by atoms with Crippen LogP contribution in [0.4, 0.5) is 19.6 Å². The fourth-order valence-corrected chi connectivity index (χ4v) is 13.7. The molecular formula is C57H66ClF2N11O6S2. The first-order chi connectivity index (χ1) is 37.9. The van der Waals surface area contributed by atoms with Gasteiger partial charge in [-0.3, -0.25) is 19.3 Å². The van der Waals surface area contributed by atoms with E-state index in [4.69, 9.17) is 31.8 Å². The summed E-state index contributed by atoms with van der Waals surface area (Å²) in [6.07, 6.45) is 3.71. The minimum atomic E-state index is -0.966. The number of anilines is 2. The van der Waals surface area contributed by atoms with Crippen molar-refractivity contribution >= 4 is 83.8 Å². The number of nitrogen functional groups attached to an aromatic ring is 1. The first-order valence-corrected chi connectivity index (χ1v) is 29.1. The number of fused-ring (bicyclic) bond motifs is 4. The molecule has 418 valence electrons. The molecule has 79 heavy (non-hydrogen) atoms. The van der Waals surface area contributed by atoms with E-state index in [2.05, 4.69) is 41.8 Å². The highest BCUT2D eigenvalue weighted by atomic mass is 35.5. The summed E-state index contributed by atoms with van der Waals surface area (Å²) in [6, 6.07) is 12.5. The van der Waals surface area contributed by atoms with Gasteiger partial charge in [0.2, 0.25) is 17.7 Å². The highest BCUT2D eigenvalue weighted by molar-refractivity contribution is 7.23. The van der Waals surface area contributed by atoms with Crippen molar-refractivity contribution in [1.82, 2.24) is 40.7 Å². The van der Waals surface area contributed by atoms with Crippen LogP contribution in [0.3, 0.4) is 0 Å². The van der Waals surface area contributed by atoms with Crippen molar-refractivity contribution in [2.45, 2.75) is 122 Å². The average molecular weight is 1140 g/mol. The molecule has 7 heterocycles. The van der Waals surface area contributed by atoms with Gasteiger partial charge in [-0.1, -0.05) is 62.7 Å². The number of halogens is 3. The zero-order valence-electron chi connectivity index (χ0n) is 44.9. The number of aromatic nitrogens is 3. The minimum absolute atomic E-state index is 0.00853. The van der Waals surface area contributed by atoms with Gasteiger partial charge in [-0.15, -0.1) is 22.7 Å². The number of thiazole rings is 1. The Labute approximate surface area is 470 Å². The van der Waals surface area contributed by atoms with Crippen LogP contribution in [0.25, 0.3) is 42.6 Å². The number of β-amino-alcohol motifs (C(OH)–C–C–N with tert-alkyl or cyclic N) is 1. The van der Waals surface area contributed by atoms with Crippen LogP contribution in [-0.4, -0.2) is 136 Å². The van der Waals surface area contributed by atoms with Crippen LogP contribution in [0.5, 0.6) is 6.01 Å². The first kappa shape index (κ1) is 56.2. The number of nitriles is 1. The average Bonchev–Trinajstić information content (AvgIpc) is 4.49. The van der Waals surface area contributed by atoms with E-state index in [0.29, 0.717) is 43.9 Å². The van der Waals surface area contributed by atoms with Crippen molar-refractivity contribution in [1.29, 1.82) is 5.26 Å². The molecule has 4 saturated heterocycles. The van der Waals surface area contributed by atoms with Crippen LogP contribution in [0.1, 0.15) is 95.5 Å². The number of ether oxygens (including phenoxy) is 2. The van der Waals surface area contributed by atoms with Gasteiger partial charge in [-0.05, 0) is 86.7 Å². The predicted molar refractivity (Wildman–Crippen MR) is 303 cm³/mol. The van der Waals surface area contributed by atoms with E-state index in [1.807, 2.05) is 64.4 Å². The number of piperazine rings is 1. The quantitative estimate of drug-likeness (QED) is 0.0511. The second kappa shape index (κ2) is 23.5. The Morgan fingerprint density at radius 3 is 2.52 bits per heavy atom. The van der Waals surface area contributed by atoms with Crippen LogP contribution >= 0.6 is 34.3 Å². The number of carbonyl (C=O) groups excluding carboxylic acids is 3. The molecule has 17 nitrogen and oxygen atoms in total. The highest BCUT2D eigenvalue weighted by Crippen LogP contribution is 2.46. The van der Waals surface area contributed by atoms with Crippen LogP contribution < -0.4 is 31.3 Å². The fourth-order valence-electron chi connectivity index (χ4n) is 11.6. The summed E-state index contributed by atoms with van der Waals surface area (Å²) in [5.74, 6) is -2.00. The van der Waals surface area contributed by atoms with E-state index in [9.17, 15) is 24.8 Å². The zero-order chi connectivity index (χ0) is 55.9. The van der Waals surface area contributed by atoms with Gasteiger partial charge in [0.15, 0.2) is 5.82 Å². The number of nitrogens with one attached hydrogen (secondary N) is 3. The summed E-state index contributed by atoms with van der Waals surface area (Å²) in [4.78, 5) is 62.3. The second-order valence-electron chi connectivity index (χ2n) is 22.3. The van der Waals surface area contributed by atoms with Crippen LogP contribution in [0, 0.1) is 35.3 Å². The molecule has 3 amide bonds. The number of aliphatic hydroxyl groups excluding tert-OH is 1. The molecule has 3 aromatic heterocycles. The topological polar surface area (TPSA) is 224 Å². The van der Waals surface area contributed by atoms with Gasteiger partial charge in [0.25, 0.3) is 0 Å². The highest BCUT2D eigenvalue weighted by Gasteiger charge is 2.45. The summed E-state index contributed by atoms with van der Waals surface area (Å²) in [6.45, 7) is 13.0. The molecule has 0 spiro atoms. The lowest BCUT2D eigenvalue weighted by Crippen LogP contribution is -2.58. The Morgan fingerprint density at radius 2 is 1.81 bits per heavy atom. The van der Waals surface area contributed by atoms with E-state index in [-0.39, 0.29) is 117 Å². The van der Waals surface area contributed by atoms with Crippen molar-refractivity contribution in [3.05, 3.63) is 81.5 Å². The Kier molecular flexibility index (Phi) is 16.7. The molecule has 2 unspecified atom stereocenters. The van der Waals surface area contributed by atoms with Gasteiger partial charge in [0.1, 0.15) is 46.9 Å². The Morgan fingerprint density at radius 1 is 1.05 bits per heavy atom. The SMILES string of the molecule is Cc1ncsc1-c1ccc([C@H](C)NC(=O)[C@@H]2C[C@@H](O)CN2C(=O)[C@@H](NC(=O)CCOCCCN2CCC[C@H]2COc2nc(N3CC4CCC(C3)N4)c3cc(Cl)c(-c4ccc(F)c5sc(N)c(C#N)c45)c(F)c3n2)C(C)(C)C)cc1. The van der Waals surface area contributed by atoms with Crippen molar-refractivity contribution < 1.29 is 37.7 Å². The van der Waals surface area contributed by atoms with Crippen molar-refractivity contribution in [2.75, 3.05) is 63.2 Å². The maximum atomic E-state index is 17.3. The van der Waals surface area contributed by atoms with E-state index in [1.165, 1.54) is 17.0 Å². The molecule has 0 aliphatic carbocycles. The number of likely N-dealkylation sites (tertiary alicyclic amines) is 2. The third kappa shape index (κ3) is 11.9. The number of nitrogens with two attached hydrogens (primary N) is 1. The van der Waals surface area contributed by atoms with Gasteiger partial charge in [-0.2, -0.15) is 15.2 Å². The maximum absolute atomic E-state index is 17.3. The van der Waals surface area contributed by atoms with Crippen molar-refractivity contribution in [3.63, 3.8) is 0 Å². The van der Waals surface area contributed by atoms with Crippen LogP contribution in [0.15, 0.2) is 48.0 Å². The molecule has 6 N–H and O–H groups in total. The summed E-state index contributed by atoms with van der Waals surface area (Å²) in [7, 11) is 0. The monoisotopic (exact) mass is 1140 g/mol. The minimum Gasteiger partial charge on any atom is -0.462 e. The molecule has 7 atom stereocenters. The lowest BCUT2D eigenvalue weighted by molar-refractivity contribution is -0.144. The molecule has 10 rings (SSSR count). The third-order valence-electron chi connectivity index (χ3n) is 15.7. The zero-order valence-corrected chi connectivity index (χ0v) is 47.3. The molecule has 22 heteroatoms. The molecule has 6 aromatic rings.